The van der Waals surface area contributed by atoms with Gasteiger partial charge in [0.15, 0.2) is 47.2 Å². The van der Waals surface area contributed by atoms with Crippen molar-refractivity contribution < 1.29 is 173 Å². The van der Waals surface area contributed by atoms with Crippen molar-refractivity contribution in [3.05, 3.63) is 161 Å². The highest BCUT2D eigenvalue weighted by molar-refractivity contribution is 6.37. The van der Waals surface area contributed by atoms with Crippen molar-refractivity contribution in [1.82, 2.24) is 42.5 Å². The van der Waals surface area contributed by atoms with Crippen LogP contribution in [-0.4, -0.2) is 265 Å². The largest absolute Gasteiger partial charge is 0.508 e. The molecule has 7 aromatic carbocycles. The van der Waals surface area contributed by atoms with E-state index in [4.69, 9.17) is 101 Å². The first kappa shape index (κ1) is 99.7. The van der Waals surface area contributed by atoms with E-state index in [0.717, 1.165) is 98.5 Å². The topological polar surface area (TPSA) is 677 Å². The molecular weight excluding hydrogens is 1890 g/mol. The van der Waals surface area contributed by atoms with Gasteiger partial charge in [0.1, 0.15) is 150 Å². The molecule has 9 aliphatic heterocycles. The fourth-order valence-electron chi connectivity index (χ4n) is 16.6. The molecule has 9 heterocycles. The minimum Gasteiger partial charge on any atom is -0.508 e. The maximum Gasteiger partial charge on any atom is 0.335 e. The number of carbonyl (C=O) groups excluding carboxylic acids is 7. The Morgan fingerprint density at radius 2 is 1.01 bits per heavy atom. The molecule has 9 aliphatic rings. The molecule has 724 valence electrons. The van der Waals surface area contributed by atoms with Gasteiger partial charge in [0.2, 0.25) is 59.7 Å². The number of phenolic OH excluding ortho intramolecular Hbond substituents is 4. The van der Waals surface area contributed by atoms with Crippen LogP contribution in [0.5, 0.6) is 69.0 Å². The molecule has 7 aromatic rings. The quantitative estimate of drug-likeness (QED) is 0.0488. The Morgan fingerprint density at radius 3 is 1.62 bits per heavy atom. The molecular formula is C87H91Cl5N8O35. The van der Waals surface area contributed by atoms with Crippen LogP contribution in [0.4, 0.5) is 0 Å². The molecule has 0 spiro atoms. The van der Waals surface area contributed by atoms with Gasteiger partial charge in [-0.2, -0.15) is 0 Å². The Labute approximate surface area is 788 Å². The van der Waals surface area contributed by atoms with Crippen molar-refractivity contribution in [2.45, 2.75) is 205 Å². The molecule has 7 amide bonds. The Kier molecular flexibility index (Phi) is 30.9. The molecule has 24 atom stereocenters. The number of aromatic hydroxyl groups is 4. The number of unbranched alkanes of at least 4 members (excludes halogenated alkanes) is 6. The lowest BCUT2D eigenvalue weighted by Gasteiger charge is -2.43. The number of ether oxygens (including phenoxy) is 9. The third-order valence-corrected chi connectivity index (χ3v) is 25.2. The average Bonchev–Trinajstić information content (AvgIpc) is 0.749. The fraction of sp³-hybridized carbons (Fsp3) is 0.414. The molecule has 0 aliphatic carbocycles. The third kappa shape index (κ3) is 20.8. The number of carboxylic acids is 2. The van der Waals surface area contributed by atoms with E-state index in [-0.39, 0.29) is 24.0 Å². The number of hydrogen-bond acceptors (Lipinski definition) is 34. The number of hydrogen-bond donors (Lipinski definition) is 25. The smallest absolute Gasteiger partial charge is 0.335 e. The predicted molar refractivity (Wildman–Crippen MR) is 463 cm³/mol. The second kappa shape index (κ2) is 41.8. The predicted octanol–water partition coefficient (Wildman–Crippen LogP) is 2.82. The van der Waals surface area contributed by atoms with E-state index < -0.39 is 346 Å². The molecule has 3 saturated heterocycles. The second-order valence-corrected chi connectivity index (χ2v) is 34.7. The maximum atomic E-state index is 17.1. The number of amides is 7. The molecule has 48 heteroatoms. The normalized spacial score (nSPS) is 29.1. The summed E-state index contributed by atoms with van der Waals surface area (Å²) in [5.41, 5.74) is -5.61. The number of likely N-dealkylation sites (N-methyl/N-ethyl adjacent to an activating group) is 1. The molecule has 135 heavy (non-hydrogen) atoms. The first-order chi connectivity index (χ1) is 64.2. The van der Waals surface area contributed by atoms with Crippen LogP contribution in [-0.2, 0) is 62.1 Å². The highest BCUT2D eigenvalue weighted by Crippen LogP contribution is 2.53. The molecule has 25 N–H and O–H groups in total. The number of rotatable bonds is 20. The molecule has 3 fully saturated rings. The van der Waals surface area contributed by atoms with Gasteiger partial charge in [-0.1, -0.05) is 116 Å². The number of phenols is 4. The van der Waals surface area contributed by atoms with Crippen LogP contribution in [0.2, 0.25) is 25.1 Å². The monoisotopic (exact) mass is 1980 g/mol. The first-order valence-corrected chi connectivity index (χ1v) is 43.9. The lowest BCUT2D eigenvalue weighted by atomic mass is 9.89. The van der Waals surface area contributed by atoms with E-state index in [1.54, 1.807) is 0 Å². The number of fused-ring (bicyclic) bond motifs is 14. The maximum absolute atomic E-state index is 17.1. The van der Waals surface area contributed by atoms with Crippen LogP contribution in [0.15, 0.2) is 97.1 Å². The third-order valence-electron chi connectivity index (χ3n) is 23.6. The highest BCUT2D eigenvalue weighted by Gasteiger charge is 2.54. The average molecular weight is 1990 g/mol. The number of aliphatic carboxylic acids is 2. The lowest BCUT2D eigenvalue weighted by Crippen LogP contribution is -2.66. The van der Waals surface area contributed by atoms with Gasteiger partial charge in [0.05, 0.1) is 38.3 Å². The van der Waals surface area contributed by atoms with Gasteiger partial charge in [0.25, 0.3) is 0 Å². The Hall–Kier alpha value is -11.2. The summed E-state index contributed by atoms with van der Waals surface area (Å²) in [5, 5.41) is 211. The summed E-state index contributed by atoms with van der Waals surface area (Å²) < 4.78 is 56.3. The number of benzene rings is 7. The van der Waals surface area contributed by atoms with Crippen LogP contribution in [0.1, 0.15) is 140 Å². The zero-order valence-corrected chi connectivity index (χ0v) is 74.3. The van der Waals surface area contributed by atoms with Gasteiger partial charge in [0, 0.05) is 40.8 Å². The van der Waals surface area contributed by atoms with Gasteiger partial charge >= 0.3 is 11.9 Å². The Morgan fingerprint density at radius 1 is 0.452 bits per heavy atom. The van der Waals surface area contributed by atoms with E-state index in [1.807, 2.05) is 6.92 Å². The highest BCUT2D eigenvalue weighted by atomic mass is 35.5. The van der Waals surface area contributed by atoms with Crippen molar-refractivity contribution in [1.29, 1.82) is 0 Å². The molecule has 0 aromatic heterocycles. The zero-order valence-electron chi connectivity index (χ0n) is 70.5. The van der Waals surface area contributed by atoms with Crippen LogP contribution in [0.25, 0.3) is 11.1 Å². The van der Waals surface area contributed by atoms with Crippen molar-refractivity contribution in [3.8, 4) is 80.1 Å². The summed E-state index contributed by atoms with van der Waals surface area (Å²) in [6, 6.07) is -4.49. The summed E-state index contributed by atoms with van der Waals surface area (Å²) in [4.78, 5) is 140. The number of carbonyl (C=O) groups is 9. The van der Waals surface area contributed by atoms with E-state index in [1.165, 1.54) is 19.2 Å². The van der Waals surface area contributed by atoms with E-state index in [9.17, 15) is 106 Å². The van der Waals surface area contributed by atoms with Gasteiger partial charge in [-0.05, 0) is 114 Å². The number of carboxylic acid groups (broad SMARTS) is 2. The van der Waals surface area contributed by atoms with Gasteiger partial charge in [-0.25, -0.2) is 9.59 Å². The van der Waals surface area contributed by atoms with E-state index >= 15 is 24.0 Å². The summed E-state index contributed by atoms with van der Waals surface area (Å²) in [6.45, 7) is -0.158. The van der Waals surface area contributed by atoms with Gasteiger partial charge in [-0.3, -0.25) is 33.6 Å². The number of aliphatic hydroxyl groups excluding tert-OH is 11. The minimum absolute atomic E-state index is 0.0424. The first-order valence-electron chi connectivity index (χ1n) is 42.0. The summed E-state index contributed by atoms with van der Waals surface area (Å²) in [6.07, 6.45) is -31.6. The van der Waals surface area contributed by atoms with Gasteiger partial charge < -0.3 is 172 Å². The van der Waals surface area contributed by atoms with Crippen LogP contribution in [0.3, 0.4) is 0 Å². The van der Waals surface area contributed by atoms with E-state index in [0.29, 0.717) is 25.0 Å². The SMILES string of the molecule is CCCCCCCCCC(=O)NC1C(OC2c3cc(Cl)c(c(Cl)c3)Oc3cc4cc(c3OC3OC(CO)C(O)C(O)C3O)Oc3ccc(cc3Cl)C(O)C3NC(=O)C(NC)c5ccc(O)c(c5)Oc5cc(O)c(Cl)c(c5)C(NC3=O)C(=O)NC4C(=O)NC3C(=O)NC2C(=O)NC(C(=O)O)c2cc(O)cc(O)c2-c2cc3cc(Cl)c2OC2OC(CO)C(O)C(O)C2O)OC(C(=O)O)C(O)C1O. The van der Waals surface area contributed by atoms with Crippen molar-refractivity contribution in [2.24, 2.45) is 0 Å². The standard InChI is InChI=1S/C87H91Cl5N8O35/c1-3-4-5-6-7-8-9-10-52(107)94-61-66(111)69(114)76(84(125)126)135-85(61)132-72-33-18-41(90)74(42(91)19-33)129-49-22-32-21-48(75(49)134-87-71(116)68(113)65(110)51(28-102)131-87)128-46-14-12-30(16-39(46)88)63(108)60-81(121)97-58(38-25-35(26-45(106)54(38)92)127-47-20-29(11-13-43(47)104)55(93-2)77(117)99-60)80(120)96-57(32)78(118)95-56-31-15-37(73(40(89)17-31)133-86-70(115)67(112)64(109)50(27-101)130-86)53-36(23-34(103)24-44(53)105)59(83(123)124)98-82(122)62(72)100-79(56)119/h11-26,50-51,55-72,76,85-87,93,101-106,108-116H,3-10,27-28H2,1-2H3,(H,94,107)(H,95,118)(H,96,120)(H,97,121)(H,98,122)(H,99,117)(H,100,119)(H,123,124)(H,125,126). The second-order valence-electron chi connectivity index (χ2n) is 32.7. The lowest BCUT2D eigenvalue weighted by molar-refractivity contribution is -0.278. The zero-order chi connectivity index (χ0) is 97.5. The molecule has 24 unspecified atom stereocenters. The molecule has 16 rings (SSSR count). The summed E-state index contributed by atoms with van der Waals surface area (Å²) >= 11 is 36.4. The van der Waals surface area contributed by atoms with Gasteiger partial charge in [-0.15, -0.1) is 0 Å². The molecule has 0 saturated carbocycles. The number of nitrogens with one attached hydrogen (secondary N) is 8. The summed E-state index contributed by atoms with van der Waals surface area (Å²) in [5.74, 6) is -24.0. The minimum atomic E-state index is -2.79. The van der Waals surface area contributed by atoms with Crippen molar-refractivity contribution >= 4 is 111 Å². The molecule has 0 radical (unpaired) electrons. The van der Waals surface area contributed by atoms with Crippen LogP contribution >= 0.6 is 58.0 Å². The number of aliphatic hydroxyl groups is 11. The Bertz CT molecular complexity index is 5730. The van der Waals surface area contributed by atoms with E-state index in [2.05, 4.69) is 42.5 Å². The van der Waals surface area contributed by atoms with Crippen LogP contribution < -0.4 is 66.2 Å². The Balaban J connectivity index is 1.06. The van der Waals surface area contributed by atoms with Crippen molar-refractivity contribution in [3.63, 3.8) is 0 Å². The van der Waals surface area contributed by atoms with Crippen LogP contribution in [0, 0.1) is 0 Å². The summed E-state index contributed by atoms with van der Waals surface area (Å²) in [7, 11) is 1.32. The van der Waals surface area contributed by atoms with Crippen molar-refractivity contribution in [2.75, 3.05) is 20.3 Å². The molecule has 43 nitrogen and oxygen atoms in total. The fourth-order valence-corrected chi connectivity index (χ4v) is 17.9. The molecule has 17 bridgehead atoms. The number of halogens is 5.